The molecule has 0 saturated carbocycles. The van der Waals surface area contributed by atoms with Crippen LogP contribution in [0.2, 0.25) is 0 Å². The van der Waals surface area contributed by atoms with Crippen LogP contribution in [-0.4, -0.2) is 32.1 Å². The van der Waals surface area contributed by atoms with Gasteiger partial charge in [-0.25, -0.2) is 4.79 Å². The fourth-order valence-electron chi connectivity index (χ4n) is 1.21. The van der Waals surface area contributed by atoms with Gasteiger partial charge in [-0.1, -0.05) is 20.4 Å². The monoisotopic (exact) mass is 214 g/mol. The molecular formula is C11H18O4. The van der Waals surface area contributed by atoms with Crippen LogP contribution in [0.5, 0.6) is 0 Å². The summed E-state index contributed by atoms with van der Waals surface area (Å²) in [5, 5.41) is 0. The fraction of sp³-hybridized carbons (Fsp3) is 0.727. The third-order valence-electron chi connectivity index (χ3n) is 2.07. The Balaban J connectivity index is 2.46. The summed E-state index contributed by atoms with van der Waals surface area (Å²) in [6, 6.07) is 0. The van der Waals surface area contributed by atoms with E-state index in [1.54, 1.807) is 6.92 Å². The molecule has 15 heavy (non-hydrogen) atoms. The van der Waals surface area contributed by atoms with Crippen molar-refractivity contribution < 1.29 is 19.0 Å². The van der Waals surface area contributed by atoms with Gasteiger partial charge in [-0.3, -0.25) is 0 Å². The molecule has 1 aliphatic heterocycles. The zero-order chi connectivity index (χ0) is 11.5. The molecule has 86 valence electrons. The fourth-order valence-corrected chi connectivity index (χ4v) is 1.21. The van der Waals surface area contributed by atoms with E-state index in [4.69, 9.17) is 14.2 Å². The third kappa shape index (κ3) is 3.32. The molecule has 0 aromatic rings. The molecule has 0 unspecified atom stereocenters. The molecule has 1 saturated heterocycles. The van der Waals surface area contributed by atoms with E-state index in [1.807, 2.05) is 13.8 Å². The minimum atomic E-state index is -0.655. The summed E-state index contributed by atoms with van der Waals surface area (Å²) in [6.07, 6.45) is -0.655. The highest BCUT2D eigenvalue weighted by Crippen LogP contribution is 2.25. The molecule has 1 rings (SSSR count). The molecule has 0 N–H and O–H groups in total. The molecule has 1 aliphatic rings. The molecule has 1 fully saturated rings. The first kappa shape index (κ1) is 12.2. The topological polar surface area (TPSA) is 44.8 Å². The van der Waals surface area contributed by atoms with Crippen LogP contribution in [0, 0.1) is 5.41 Å². The van der Waals surface area contributed by atoms with Crippen molar-refractivity contribution in [2.24, 2.45) is 5.41 Å². The maximum Gasteiger partial charge on any atom is 0.338 e. The van der Waals surface area contributed by atoms with Gasteiger partial charge in [0.2, 0.25) is 0 Å². The maximum atomic E-state index is 11.3. The van der Waals surface area contributed by atoms with Crippen molar-refractivity contribution in [2.45, 2.75) is 27.1 Å². The van der Waals surface area contributed by atoms with Crippen LogP contribution in [-0.2, 0) is 19.0 Å². The molecule has 0 aliphatic carbocycles. The Morgan fingerprint density at radius 2 is 2.00 bits per heavy atom. The van der Waals surface area contributed by atoms with E-state index < -0.39 is 12.3 Å². The van der Waals surface area contributed by atoms with Gasteiger partial charge >= 0.3 is 5.97 Å². The van der Waals surface area contributed by atoms with E-state index in [2.05, 4.69) is 6.58 Å². The van der Waals surface area contributed by atoms with E-state index in [0.717, 1.165) is 0 Å². The van der Waals surface area contributed by atoms with Crippen molar-refractivity contribution in [3.8, 4) is 0 Å². The molecule has 0 aromatic heterocycles. The van der Waals surface area contributed by atoms with E-state index in [0.29, 0.717) is 19.8 Å². The number of carbonyl (C=O) groups excluding carboxylic acids is 1. The average Bonchev–Trinajstić information content (AvgIpc) is 2.17. The molecule has 0 radical (unpaired) electrons. The van der Waals surface area contributed by atoms with Crippen LogP contribution in [0.15, 0.2) is 12.2 Å². The zero-order valence-electron chi connectivity index (χ0n) is 9.54. The number of rotatable bonds is 3. The Bertz CT molecular complexity index is 247. The van der Waals surface area contributed by atoms with Crippen molar-refractivity contribution in [1.82, 2.24) is 0 Å². The van der Waals surface area contributed by atoms with Gasteiger partial charge in [0.05, 0.1) is 25.4 Å². The van der Waals surface area contributed by atoms with Crippen molar-refractivity contribution in [1.29, 1.82) is 0 Å². The first-order valence-corrected chi connectivity index (χ1v) is 5.05. The zero-order valence-corrected chi connectivity index (χ0v) is 9.54. The summed E-state index contributed by atoms with van der Waals surface area (Å²) in [6.45, 7) is 10.9. The molecule has 0 spiro atoms. The van der Waals surface area contributed by atoms with Crippen molar-refractivity contribution in [2.75, 3.05) is 19.8 Å². The number of ether oxygens (including phenoxy) is 3. The van der Waals surface area contributed by atoms with Crippen LogP contribution in [0.3, 0.4) is 0 Å². The van der Waals surface area contributed by atoms with Crippen molar-refractivity contribution >= 4 is 5.97 Å². The van der Waals surface area contributed by atoms with Gasteiger partial charge in [0.15, 0.2) is 6.29 Å². The first-order chi connectivity index (χ1) is 6.96. The number of esters is 1. The molecule has 0 amide bonds. The highest BCUT2D eigenvalue weighted by Gasteiger charge is 2.32. The second-order valence-corrected chi connectivity index (χ2v) is 4.36. The van der Waals surface area contributed by atoms with Gasteiger partial charge in [0.1, 0.15) is 0 Å². The summed E-state index contributed by atoms with van der Waals surface area (Å²) in [7, 11) is 0. The predicted molar refractivity (Wildman–Crippen MR) is 55.2 cm³/mol. The predicted octanol–water partition coefficient (Wildman–Crippen LogP) is 1.50. The highest BCUT2D eigenvalue weighted by molar-refractivity contribution is 5.88. The summed E-state index contributed by atoms with van der Waals surface area (Å²) in [4.78, 5) is 11.3. The number of hydrogen-bond acceptors (Lipinski definition) is 4. The summed E-state index contributed by atoms with van der Waals surface area (Å²) in [5.74, 6) is -0.456. The first-order valence-electron chi connectivity index (χ1n) is 5.05. The maximum absolute atomic E-state index is 11.3. The lowest BCUT2D eigenvalue weighted by Crippen LogP contribution is -2.40. The third-order valence-corrected chi connectivity index (χ3v) is 2.07. The molecular weight excluding hydrogens is 196 g/mol. The lowest BCUT2D eigenvalue weighted by molar-refractivity contribution is -0.206. The van der Waals surface area contributed by atoms with Gasteiger partial charge in [-0.15, -0.1) is 0 Å². The molecule has 0 aromatic carbocycles. The van der Waals surface area contributed by atoms with E-state index in [-0.39, 0.29) is 11.0 Å². The summed E-state index contributed by atoms with van der Waals surface area (Å²) >= 11 is 0. The van der Waals surface area contributed by atoms with Gasteiger partial charge in [0.25, 0.3) is 0 Å². The molecule has 4 heteroatoms. The van der Waals surface area contributed by atoms with E-state index in [1.165, 1.54) is 0 Å². The van der Waals surface area contributed by atoms with Gasteiger partial charge < -0.3 is 14.2 Å². The molecule has 1 heterocycles. The Morgan fingerprint density at radius 1 is 1.47 bits per heavy atom. The van der Waals surface area contributed by atoms with E-state index in [9.17, 15) is 4.79 Å². The quantitative estimate of drug-likeness (QED) is 0.527. The Kier molecular flexibility index (Phi) is 3.88. The van der Waals surface area contributed by atoms with Crippen LogP contribution in [0.4, 0.5) is 0 Å². The lowest BCUT2D eigenvalue weighted by Gasteiger charge is -2.34. The normalized spacial score (nSPS) is 21.0. The number of carbonyl (C=O) groups is 1. The smallest absolute Gasteiger partial charge is 0.338 e. The Morgan fingerprint density at radius 3 is 2.47 bits per heavy atom. The van der Waals surface area contributed by atoms with Crippen LogP contribution in [0.1, 0.15) is 20.8 Å². The Hall–Kier alpha value is -0.870. The number of hydrogen-bond donors (Lipinski definition) is 0. The highest BCUT2D eigenvalue weighted by atomic mass is 16.7. The van der Waals surface area contributed by atoms with Crippen molar-refractivity contribution in [3.63, 3.8) is 0 Å². The van der Waals surface area contributed by atoms with Crippen LogP contribution < -0.4 is 0 Å². The molecule has 4 nitrogen and oxygen atoms in total. The van der Waals surface area contributed by atoms with Crippen LogP contribution >= 0.6 is 0 Å². The minimum absolute atomic E-state index is 0.00849. The minimum Gasteiger partial charge on any atom is -0.463 e. The molecule has 0 bridgehead atoms. The standard InChI is InChI=1S/C11H18O4/c1-5-13-9(12)8(2)10-14-6-11(3,4)7-15-10/h10H,2,5-7H2,1,3-4H3. The van der Waals surface area contributed by atoms with Gasteiger partial charge in [-0.2, -0.15) is 0 Å². The van der Waals surface area contributed by atoms with Gasteiger partial charge in [0, 0.05) is 5.41 Å². The second-order valence-electron chi connectivity index (χ2n) is 4.36. The second kappa shape index (κ2) is 4.77. The lowest BCUT2D eigenvalue weighted by atomic mass is 9.95. The largest absolute Gasteiger partial charge is 0.463 e. The SMILES string of the molecule is C=C(C(=O)OCC)C1OCC(C)(C)CO1. The van der Waals surface area contributed by atoms with Crippen molar-refractivity contribution in [3.05, 3.63) is 12.2 Å². The Labute approximate surface area is 90.2 Å². The molecule has 0 atom stereocenters. The summed E-state index contributed by atoms with van der Waals surface area (Å²) in [5.41, 5.74) is 0.221. The van der Waals surface area contributed by atoms with E-state index >= 15 is 0 Å². The average molecular weight is 214 g/mol. The summed E-state index contributed by atoms with van der Waals surface area (Å²) < 4.78 is 15.6. The van der Waals surface area contributed by atoms with Gasteiger partial charge in [-0.05, 0) is 6.92 Å². The van der Waals surface area contributed by atoms with Crippen LogP contribution in [0.25, 0.3) is 0 Å².